The first kappa shape index (κ1) is 12.6. The molecule has 0 N–H and O–H groups in total. The first-order chi connectivity index (χ1) is 5.54. The van der Waals surface area contributed by atoms with Crippen LogP contribution in [0.4, 0.5) is 0 Å². The summed E-state index contributed by atoms with van der Waals surface area (Å²) in [6, 6.07) is 0. The number of hydrogen-bond donors (Lipinski definition) is 0. The van der Waals surface area contributed by atoms with Crippen molar-refractivity contribution < 1.29 is 17.8 Å². The molecule has 1 unspecified atom stereocenters. The number of rotatable bonds is 6. The van der Waals surface area contributed by atoms with E-state index in [4.69, 9.17) is 19.7 Å². The highest BCUT2D eigenvalue weighted by Crippen LogP contribution is 2.48. The van der Waals surface area contributed by atoms with Crippen LogP contribution in [0.15, 0.2) is 0 Å². The van der Waals surface area contributed by atoms with Crippen molar-refractivity contribution in [2.45, 2.75) is 13.8 Å². The minimum atomic E-state index is -3.21. The van der Waals surface area contributed by atoms with Crippen molar-refractivity contribution in [2.24, 2.45) is 0 Å². The summed E-state index contributed by atoms with van der Waals surface area (Å²) in [5, 5.41) is 0. The molecule has 0 saturated carbocycles. The Kier molecular flexibility index (Phi) is 6.41. The molecule has 0 spiro atoms. The SMILES string of the molecule is CCOP(=O)(CS(=O)Cl)OCC. The molecule has 12 heavy (non-hydrogen) atoms. The average molecular weight is 235 g/mol. The maximum absolute atomic E-state index is 11.5. The molecule has 4 nitrogen and oxygen atoms in total. The second-order valence-corrected chi connectivity index (χ2v) is 6.25. The van der Waals surface area contributed by atoms with E-state index in [9.17, 15) is 8.77 Å². The van der Waals surface area contributed by atoms with Crippen LogP contribution in [0, 0.1) is 0 Å². The van der Waals surface area contributed by atoms with Crippen LogP contribution in [0.5, 0.6) is 0 Å². The van der Waals surface area contributed by atoms with Gasteiger partial charge in [-0.05, 0) is 24.5 Å². The van der Waals surface area contributed by atoms with Crippen molar-refractivity contribution >= 4 is 28.3 Å². The van der Waals surface area contributed by atoms with Crippen molar-refractivity contribution in [1.29, 1.82) is 0 Å². The fourth-order valence-corrected chi connectivity index (χ4v) is 4.16. The van der Waals surface area contributed by atoms with Gasteiger partial charge in [-0.1, -0.05) is 0 Å². The van der Waals surface area contributed by atoms with E-state index in [0.717, 1.165) is 0 Å². The lowest BCUT2D eigenvalue weighted by molar-refractivity contribution is 0.224. The Morgan fingerprint density at radius 3 is 2.00 bits per heavy atom. The Bertz CT molecular complexity index is 188. The fourth-order valence-electron chi connectivity index (χ4n) is 0.630. The number of halogens is 1. The minimum Gasteiger partial charge on any atom is -0.308 e. The number of hydrogen-bond acceptors (Lipinski definition) is 4. The first-order valence-electron chi connectivity index (χ1n) is 3.47. The molecule has 0 heterocycles. The van der Waals surface area contributed by atoms with Gasteiger partial charge in [0.2, 0.25) is 0 Å². The molecule has 0 aromatic rings. The second kappa shape index (κ2) is 6.11. The van der Waals surface area contributed by atoms with E-state index in [2.05, 4.69) is 0 Å². The Balaban J connectivity index is 4.18. The van der Waals surface area contributed by atoms with Crippen LogP contribution in [0.25, 0.3) is 0 Å². The summed E-state index contributed by atoms with van der Waals surface area (Å²) < 4.78 is 31.7. The Morgan fingerprint density at radius 1 is 1.33 bits per heavy atom. The minimum absolute atomic E-state index is 0.254. The summed E-state index contributed by atoms with van der Waals surface area (Å²) in [4.78, 5) is 0. The van der Waals surface area contributed by atoms with Gasteiger partial charge in [0.25, 0.3) is 0 Å². The lowest BCUT2D eigenvalue weighted by atomic mass is 10.9. The lowest BCUT2D eigenvalue weighted by Gasteiger charge is -2.14. The Hall–Kier alpha value is 0.590. The highest BCUT2D eigenvalue weighted by Gasteiger charge is 2.25. The van der Waals surface area contributed by atoms with Crippen molar-refractivity contribution in [1.82, 2.24) is 0 Å². The van der Waals surface area contributed by atoms with Crippen molar-refractivity contribution in [3.63, 3.8) is 0 Å². The molecular weight excluding hydrogens is 223 g/mol. The van der Waals surface area contributed by atoms with Crippen LogP contribution >= 0.6 is 18.3 Å². The zero-order valence-corrected chi connectivity index (χ0v) is 9.45. The van der Waals surface area contributed by atoms with E-state index >= 15 is 0 Å². The zero-order valence-electron chi connectivity index (χ0n) is 6.99. The molecule has 0 fully saturated rings. The van der Waals surface area contributed by atoms with Crippen LogP contribution in [-0.2, 0) is 23.6 Å². The normalized spacial score (nSPS) is 14.6. The van der Waals surface area contributed by atoms with Gasteiger partial charge < -0.3 is 9.05 Å². The standard InChI is InChI=1S/C5H12ClO4PS/c1-3-9-11(7,10-4-2)5-12(6)8/h3-5H2,1-2H3. The van der Waals surface area contributed by atoms with Gasteiger partial charge in [0, 0.05) is 0 Å². The quantitative estimate of drug-likeness (QED) is 0.522. The molecule has 74 valence electrons. The third-order valence-electron chi connectivity index (χ3n) is 0.911. The molecule has 0 aliphatic heterocycles. The van der Waals surface area contributed by atoms with E-state index in [1.807, 2.05) is 0 Å². The highest BCUT2D eigenvalue weighted by atomic mass is 35.7. The maximum atomic E-state index is 11.5. The molecule has 7 heteroatoms. The molecular formula is C5H12ClO4PS. The predicted octanol–water partition coefficient (Wildman–Crippen LogP) is 2.11. The van der Waals surface area contributed by atoms with E-state index in [0.29, 0.717) is 0 Å². The molecule has 0 saturated heterocycles. The van der Waals surface area contributed by atoms with Crippen LogP contribution in [0.3, 0.4) is 0 Å². The molecule has 0 bridgehead atoms. The average Bonchev–Trinajstić information content (AvgIpc) is 1.85. The Labute approximate surface area is 79.1 Å². The summed E-state index contributed by atoms with van der Waals surface area (Å²) in [7, 11) is 0.287. The molecule has 0 aliphatic rings. The lowest BCUT2D eigenvalue weighted by Crippen LogP contribution is -2.01. The van der Waals surface area contributed by atoms with Gasteiger partial charge in [-0.15, -0.1) is 0 Å². The van der Waals surface area contributed by atoms with Gasteiger partial charge in [-0.3, -0.25) is 4.57 Å². The third kappa shape index (κ3) is 5.27. The smallest absolute Gasteiger partial charge is 0.308 e. The van der Waals surface area contributed by atoms with Gasteiger partial charge >= 0.3 is 7.60 Å². The summed E-state index contributed by atoms with van der Waals surface area (Å²) in [6.07, 6.45) is 0. The monoisotopic (exact) mass is 234 g/mol. The van der Waals surface area contributed by atoms with E-state index < -0.39 is 17.6 Å². The molecule has 0 rings (SSSR count). The Morgan fingerprint density at radius 2 is 1.75 bits per heavy atom. The van der Waals surface area contributed by atoms with Gasteiger partial charge in [0.15, 0.2) is 0 Å². The van der Waals surface area contributed by atoms with Gasteiger partial charge in [0.05, 0.1) is 13.2 Å². The van der Waals surface area contributed by atoms with Crippen LogP contribution in [-0.4, -0.2) is 22.9 Å². The second-order valence-electron chi connectivity index (χ2n) is 1.87. The molecule has 0 aliphatic carbocycles. The maximum Gasteiger partial charge on any atom is 0.344 e. The molecule has 0 aromatic carbocycles. The van der Waals surface area contributed by atoms with E-state index in [-0.39, 0.29) is 18.7 Å². The van der Waals surface area contributed by atoms with E-state index in [1.54, 1.807) is 13.8 Å². The van der Waals surface area contributed by atoms with E-state index in [1.165, 1.54) is 0 Å². The fraction of sp³-hybridized carbons (Fsp3) is 1.00. The summed E-state index contributed by atoms with van der Waals surface area (Å²) in [6.45, 7) is 3.88. The molecule has 0 radical (unpaired) electrons. The van der Waals surface area contributed by atoms with Crippen molar-refractivity contribution in [3.8, 4) is 0 Å². The van der Waals surface area contributed by atoms with Crippen molar-refractivity contribution in [2.75, 3.05) is 18.7 Å². The summed E-state index contributed by atoms with van der Waals surface area (Å²) in [5.74, 6) is 0. The van der Waals surface area contributed by atoms with Gasteiger partial charge in [-0.2, -0.15) is 0 Å². The van der Waals surface area contributed by atoms with Crippen LogP contribution < -0.4 is 0 Å². The third-order valence-corrected chi connectivity index (χ3v) is 5.17. The topological polar surface area (TPSA) is 52.6 Å². The van der Waals surface area contributed by atoms with Gasteiger partial charge in [-0.25, -0.2) is 4.21 Å². The summed E-state index contributed by atoms with van der Waals surface area (Å²) in [5.41, 5.74) is -0.254. The zero-order chi connectivity index (χ0) is 9.61. The predicted molar refractivity (Wildman–Crippen MR) is 49.7 cm³/mol. The highest BCUT2D eigenvalue weighted by molar-refractivity contribution is 8.12. The summed E-state index contributed by atoms with van der Waals surface area (Å²) >= 11 is 0. The molecule has 1 atom stereocenters. The van der Waals surface area contributed by atoms with Gasteiger partial charge in [0.1, 0.15) is 15.5 Å². The van der Waals surface area contributed by atoms with Crippen LogP contribution in [0.1, 0.15) is 13.8 Å². The largest absolute Gasteiger partial charge is 0.344 e. The van der Waals surface area contributed by atoms with Crippen LogP contribution in [0.2, 0.25) is 0 Å². The first-order valence-corrected chi connectivity index (χ1v) is 7.34. The van der Waals surface area contributed by atoms with Crippen molar-refractivity contribution in [3.05, 3.63) is 0 Å². The molecule has 0 amide bonds. The molecule has 0 aromatic heterocycles.